The molecule has 0 unspecified atom stereocenters. The summed E-state index contributed by atoms with van der Waals surface area (Å²) in [7, 11) is -1.98. The van der Waals surface area contributed by atoms with E-state index in [1.165, 1.54) is 25.4 Å². The maximum atomic E-state index is 12.1. The molecule has 0 bridgehead atoms. The predicted molar refractivity (Wildman–Crippen MR) is 106 cm³/mol. The molecule has 7 nitrogen and oxygen atoms in total. The Morgan fingerprint density at radius 1 is 1.11 bits per heavy atom. The number of aryl methyl sites for hydroxylation is 1. The van der Waals surface area contributed by atoms with E-state index < -0.39 is 15.8 Å². The van der Waals surface area contributed by atoms with Crippen LogP contribution < -0.4 is 5.32 Å². The zero-order valence-electron chi connectivity index (χ0n) is 14.9. The van der Waals surface area contributed by atoms with Gasteiger partial charge in [-0.2, -0.15) is 0 Å². The Labute approximate surface area is 163 Å². The molecule has 2 heterocycles. The topological polar surface area (TPSA) is 98.2 Å². The third kappa shape index (κ3) is 4.35. The van der Waals surface area contributed by atoms with Crippen molar-refractivity contribution in [1.82, 2.24) is 9.97 Å². The molecule has 9 heteroatoms. The lowest BCUT2D eigenvalue weighted by Crippen LogP contribution is -2.08. The Bertz CT molecular complexity index is 1100. The number of anilines is 2. The SMILES string of the molecule is COC(=O)c1cnc2nc(C)ccc2c1Nc1ccc(S(C)(=O)=O)cc1.Cl. The number of ether oxygens (including phenoxy) is 1. The van der Waals surface area contributed by atoms with Crippen LogP contribution in [0.3, 0.4) is 0 Å². The molecule has 0 saturated carbocycles. The lowest BCUT2D eigenvalue weighted by molar-refractivity contribution is 0.0601. The summed E-state index contributed by atoms with van der Waals surface area (Å²) in [4.78, 5) is 20.9. The third-order valence-electron chi connectivity index (χ3n) is 3.83. The molecule has 1 aromatic carbocycles. The first-order valence-electron chi connectivity index (χ1n) is 7.71. The van der Waals surface area contributed by atoms with Crippen molar-refractivity contribution in [2.24, 2.45) is 0 Å². The highest BCUT2D eigenvalue weighted by molar-refractivity contribution is 7.90. The molecule has 27 heavy (non-hydrogen) atoms. The first-order valence-corrected chi connectivity index (χ1v) is 9.60. The lowest BCUT2D eigenvalue weighted by Gasteiger charge is -2.14. The van der Waals surface area contributed by atoms with Crippen LogP contribution >= 0.6 is 12.4 Å². The van der Waals surface area contributed by atoms with Crippen molar-refractivity contribution < 1.29 is 17.9 Å². The van der Waals surface area contributed by atoms with Gasteiger partial charge in [-0.1, -0.05) is 0 Å². The fourth-order valence-corrected chi connectivity index (χ4v) is 3.13. The van der Waals surface area contributed by atoms with Crippen LogP contribution in [0, 0.1) is 6.92 Å². The van der Waals surface area contributed by atoms with Crippen LogP contribution in [0.1, 0.15) is 16.1 Å². The van der Waals surface area contributed by atoms with Gasteiger partial charge in [0.05, 0.1) is 17.7 Å². The maximum absolute atomic E-state index is 12.1. The number of benzene rings is 1. The van der Waals surface area contributed by atoms with Gasteiger partial charge in [0, 0.05) is 29.2 Å². The number of carbonyl (C=O) groups is 1. The summed E-state index contributed by atoms with van der Waals surface area (Å²) in [6, 6.07) is 9.91. The summed E-state index contributed by atoms with van der Waals surface area (Å²) in [5, 5.41) is 3.81. The van der Waals surface area contributed by atoms with Crippen LogP contribution in [-0.2, 0) is 14.6 Å². The molecular weight excluding hydrogens is 390 g/mol. The Morgan fingerprint density at radius 2 is 1.78 bits per heavy atom. The number of rotatable bonds is 4. The summed E-state index contributed by atoms with van der Waals surface area (Å²) in [5.74, 6) is -0.532. The second-order valence-corrected chi connectivity index (χ2v) is 7.80. The molecule has 2 aromatic heterocycles. The fraction of sp³-hybridized carbons (Fsp3) is 0.167. The molecule has 0 aliphatic carbocycles. The Kier molecular flexibility index (Phi) is 6.02. The molecule has 1 N–H and O–H groups in total. The first-order chi connectivity index (χ1) is 12.3. The summed E-state index contributed by atoms with van der Waals surface area (Å²) in [5.41, 5.74) is 2.68. The molecular formula is C18H18ClN3O4S. The molecule has 0 aliphatic rings. The summed E-state index contributed by atoms with van der Waals surface area (Å²) in [6.45, 7) is 1.85. The number of esters is 1. The van der Waals surface area contributed by atoms with Gasteiger partial charge in [-0.15, -0.1) is 12.4 Å². The molecule has 0 aliphatic heterocycles. The zero-order valence-corrected chi connectivity index (χ0v) is 16.5. The van der Waals surface area contributed by atoms with E-state index in [1.54, 1.807) is 12.1 Å². The highest BCUT2D eigenvalue weighted by Gasteiger charge is 2.17. The highest BCUT2D eigenvalue weighted by atomic mass is 35.5. The van der Waals surface area contributed by atoms with Crippen LogP contribution in [-0.4, -0.2) is 37.7 Å². The lowest BCUT2D eigenvalue weighted by atomic mass is 10.1. The van der Waals surface area contributed by atoms with Gasteiger partial charge >= 0.3 is 5.97 Å². The average Bonchev–Trinajstić information content (AvgIpc) is 2.60. The standard InChI is InChI=1S/C18H17N3O4S.ClH/c1-11-4-9-14-16(15(18(22)25-2)10-19-17(14)20-11)21-12-5-7-13(8-6-12)26(3,23)24;/h4-10H,1-3H3,(H,19,20,21);1H. The molecule has 0 saturated heterocycles. The van der Waals surface area contributed by atoms with E-state index in [-0.39, 0.29) is 22.9 Å². The van der Waals surface area contributed by atoms with Crippen molar-refractivity contribution in [3.63, 3.8) is 0 Å². The van der Waals surface area contributed by atoms with Crippen LogP contribution in [0.4, 0.5) is 11.4 Å². The number of fused-ring (bicyclic) bond motifs is 1. The van der Waals surface area contributed by atoms with Crippen molar-refractivity contribution in [3.05, 3.63) is 53.9 Å². The molecule has 0 spiro atoms. The number of hydrogen-bond acceptors (Lipinski definition) is 7. The molecule has 3 rings (SSSR count). The quantitative estimate of drug-likeness (QED) is 0.662. The average molecular weight is 408 g/mol. The molecule has 0 amide bonds. The van der Waals surface area contributed by atoms with E-state index in [0.717, 1.165) is 11.9 Å². The van der Waals surface area contributed by atoms with Crippen molar-refractivity contribution in [1.29, 1.82) is 0 Å². The molecule has 142 valence electrons. The number of methoxy groups -OCH3 is 1. The minimum Gasteiger partial charge on any atom is -0.465 e. The highest BCUT2D eigenvalue weighted by Crippen LogP contribution is 2.29. The number of nitrogens with zero attached hydrogens (tertiary/aromatic N) is 2. The molecule has 3 aromatic rings. The van der Waals surface area contributed by atoms with Crippen molar-refractivity contribution in [2.75, 3.05) is 18.7 Å². The van der Waals surface area contributed by atoms with E-state index in [1.807, 2.05) is 19.1 Å². The number of carbonyl (C=O) groups excluding carboxylic acids is 1. The fourth-order valence-electron chi connectivity index (χ4n) is 2.50. The van der Waals surface area contributed by atoms with E-state index in [2.05, 4.69) is 15.3 Å². The van der Waals surface area contributed by atoms with Crippen LogP contribution in [0.25, 0.3) is 11.0 Å². The zero-order chi connectivity index (χ0) is 18.9. The second kappa shape index (κ2) is 7.89. The smallest absolute Gasteiger partial charge is 0.341 e. The number of pyridine rings is 2. The summed E-state index contributed by atoms with van der Waals surface area (Å²) >= 11 is 0. The maximum Gasteiger partial charge on any atom is 0.341 e. The number of hydrogen-bond donors (Lipinski definition) is 1. The largest absolute Gasteiger partial charge is 0.465 e. The van der Waals surface area contributed by atoms with Gasteiger partial charge in [0.2, 0.25) is 0 Å². The van der Waals surface area contributed by atoms with E-state index in [9.17, 15) is 13.2 Å². The number of sulfone groups is 1. The molecule has 0 fully saturated rings. The van der Waals surface area contributed by atoms with E-state index >= 15 is 0 Å². The number of nitrogens with one attached hydrogen (secondary N) is 1. The van der Waals surface area contributed by atoms with Crippen LogP contribution in [0.2, 0.25) is 0 Å². The van der Waals surface area contributed by atoms with Gasteiger partial charge in [0.25, 0.3) is 0 Å². The minimum absolute atomic E-state index is 0. The van der Waals surface area contributed by atoms with Gasteiger partial charge in [0.15, 0.2) is 15.5 Å². The van der Waals surface area contributed by atoms with E-state index in [4.69, 9.17) is 4.74 Å². The number of halogens is 1. The monoisotopic (exact) mass is 407 g/mol. The van der Waals surface area contributed by atoms with Gasteiger partial charge in [-0.05, 0) is 43.3 Å². The Morgan fingerprint density at radius 3 is 2.37 bits per heavy atom. The third-order valence-corrected chi connectivity index (χ3v) is 4.95. The van der Waals surface area contributed by atoms with Gasteiger partial charge in [-0.3, -0.25) is 0 Å². The van der Waals surface area contributed by atoms with Crippen LogP contribution in [0.15, 0.2) is 47.5 Å². The summed E-state index contributed by atoms with van der Waals surface area (Å²) in [6.07, 6.45) is 2.56. The first kappa shape index (κ1) is 20.6. The van der Waals surface area contributed by atoms with Crippen LogP contribution in [0.5, 0.6) is 0 Å². The van der Waals surface area contributed by atoms with Crippen molar-refractivity contribution in [2.45, 2.75) is 11.8 Å². The van der Waals surface area contributed by atoms with E-state index in [0.29, 0.717) is 22.4 Å². The number of aromatic nitrogens is 2. The second-order valence-electron chi connectivity index (χ2n) is 5.78. The van der Waals surface area contributed by atoms with Gasteiger partial charge < -0.3 is 10.1 Å². The van der Waals surface area contributed by atoms with Crippen molar-refractivity contribution in [3.8, 4) is 0 Å². The minimum atomic E-state index is -3.28. The van der Waals surface area contributed by atoms with Gasteiger partial charge in [0.1, 0.15) is 5.56 Å². The summed E-state index contributed by atoms with van der Waals surface area (Å²) < 4.78 is 28.0. The normalized spacial score (nSPS) is 10.9. The van der Waals surface area contributed by atoms with Crippen molar-refractivity contribution >= 4 is 50.6 Å². The molecule has 0 radical (unpaired) electrons. The van der Waals surface area contributed by atoms with Gasteiger partial charge in [-0.25, -0.2) is 23.2 Å². The predicted octanol–water partition coefficient (Wildman–Crippen LogP) is 3.29. The Balaban J connectivity index is 0.00000261. The Hall–Kier alpha value is -2.71. The molecule has 0 atom stereocenters.